The van der Waals surface area contributed by atoms with Gasteiger partial charge in [0.1, 0.15) is 0 Å². The first kappa shape index (κ1) is 17.6. The Balaban J connectivity index is 2.84. The van der Waals surface area contributed by atoms with E-state index in [1.807, 2.05) is 45.1 Å². The molecule has 112 valence electrons. The molecule has 1 rings (SSSR count). The van der Waals surface area contributed by atoms with Crippen molar-refractivity contribution in [1.29, 1.82) is 0 Å². The first-order chi connectivity index (χ1) is 8.99. The van der Waals surface area contributed by atoms with Crippen LogP contribution >= 0.6 is 34.8 Å². The van der Waals surface area contributed by atoms with Gasteiger partial charge < -0.3 is 5.32 Å². The number of quaternary nitrogens is 1. The zero-order valence-electron chi connectivity index (χ0n) is 12.0. The van der Waals surface area contributed by atoms with Crippen LogP contribution in [0.3, 0.4) is 0 Å². The predicted octanol–water partition coefficient (Wildman–Crippen LogP) is 2.78. The largest absolute Gasteiger partial charge is 0.319 e. The van der Waals surface area contributed by atoms with E-state index in [0.717, 1.165) is 5.56 Å². The lowest BCUT2D eigenvalue weighted by Gasteiger charge is -2.29. The fourth-order valence-corrected chi connectivity index (χ4v) is 2.00. The number of amides is 1. The molecule has 0 aromatic heterocycles. The minimum absolute atomic E-state index is 0.185. The van der Waals surface area contributed by atoms with E-state index in [2.05, 4.69) is 5.32 Å². The lowest BCUT2D eigenvalue weighted by atomic mass is 10.1. The number of hydrogen-bond acceptors (Lipinski definition) is 1. The summed E-state index contributed by atoms with van der Waals surface area (Å²) < 4.78 is -1.59. The molecule has 0 fully saturated rings. The molecule has 0 radical (unpaired) electrons. The lowest BCUT2D eigenvalue weighted by molar-refractivity contribution is -0.749. The smallest absolute Gasteiger partial charge is 0.262 e. The minimum atomic E-state index is -1.59. The van der Waals surface area contributed by atoms with Crippen LogP contribution < -0.4 is 10.6 Å². The molecule has 20 heavy (non-hydrogen) atoms. The quantitative estimate of drug-likeness (QED) is 0.646. The number of benzene rings is 1. The summed E-state index contributed by atoms with van der Waals surface area (Å²) in [5.74, 6) is -0.262. The highest BCUT2D eigenvalue weighted by atomic mass is 35.6. The highest BCUT2D eigenvalue weighted by molar-refractivity contribution is 6.68. The van der Waals surface area contributed by atoms with E-state index in [1.165, 1.54) is 0 Å². The Bertz CT molecular complexity index is 461. The van der Waals surface area contributed by atoms with Crippen LogP contribution in [0.25, 0.3) is 0 Å². The Labute approximate surface area is 135 Å². The molecule has 1 unspecified atom stereocenters. The van der Waals surface area contributed by atoms with E-state index >= 15 is 0 Å². The Morgan fingerprint density at radius 1 is 1.15 bits per heavy atom. The molecule has 1 atom stereocenters. The van der Waals surface area contributed by atoms with Crippen LogP contribution in [-0.4, -0.2) is 21.4 Å². The standard InChI is InChI=1S/C14H19Cl3N2O/c1-9-5-7-10(8-6-9)11(20)18-12(14(15,16)17)19-13(2,3)4/h5-8,12,19H,1-4H3,(H,18,20)/p+1. The summed E-state index contributed by atoms with van der Waals surface area (Å²) >= 11 is 17.8. The van der Waals surface area contributed by atoms with Gasteiger partial charge >= 0.3 is 0 Å². The monoisotopic (exact) mass is 337 g/mol. The zero-order valence-corrected chi connectivity index (χ0v) is 14.3. The predicted molar refractivity (Wildman–Crippen MR) is 84.4 cm³/mol. The lowest BCUT2D eigenvalue weighted by Crippen LogP contribution is -3.03. The molecule has 0 heterocycles. The summed E-state index contributed by atoms with van der Waals surface area (Å²) in [7, 11) is 0. The number of nitrogens with one attached hydrogen (secondary N) is 1. The van der Waals surface area contributed by atoms with Gasteiger partial charge in [0.25, 0.3) is 9.70 Å². The summed E-state index contributed by atoms with van der Waals surface area (Å²) in [6.45, 7) is 7.90. The third-order valence-electron chi connectivity index (χ3n) is 2.62. The maximum Gasteiger partial charge on any atom is 0.262 e. The Hall–Kier alpha value is -0.480. The average Bonchev–Trinajstić information content (AvgIpc) is 2.25. The summed E-state index contributed by atoms with van der Waals surface area (Å²) in [5.41, 5.74) is 1.44. The van der Waals surface area contributed by atoms with Crippen LogP contribution in [0, 0.1) is 6.92 Å². The van der Waals surface area contributed by atoms with Crippen LogP contribution in [-0.2, 0) is 0 Å². The topological polar surface area (TPSA) is 45.7 Å². The van der Waals surface area contributed by atoms with Crippen LogP contribution in [0.4, 0.5) is 0 Å². The number of halogens is 3. The molecule has 6 heteroatoms. The average molecular weight is 339 g/mol. The number of hydrogen-bond donors (Lipinski definition) is 2. The van der Waals surface area contributed by atoms with E-state index in [9.17, 15) is 4.79 Å². The second kappa shape index (κ2) is 6.52. The molecule has 3 N–H and O–H groups in total. The number of nitrogens with two attached hydrogens (primary N) is 1. The van der Waals surface area contributed by atoms with Crippen LogP contribution in [0.2, 0.25) is 0 Å². The number of aryl methyl sites for hydroxylation is 1. The highest BCUT2D eigenvalue weighted by Gasteiger charge is 2.40. The minimum Gasteiger partial charge on any atom is -0.319 e. The van der Waals surface area contributed by atoms with E-state index in [4.69, 9.17) is 34.8 Å². The van der Waals surface area contributed by atoms with Gasteiger partial charge in [-0.2, -0.15) is 0 Å². The number of alkyl halides is 3. The van der Waals surface area contributed by atoms with Gasteiger partial charge in [0.05, 0.1) is 5.54 Å². The van der Waals surface area contributed by atoms with E-state index in [0.29, 0.717) is 5.56 Å². The van der Waals surface area contributed by atoms with Crippen molar-refractivity contribution < 1.29 is 10.1 Å². The molecule has 0 bridgehead atoms. The zero-order chi connectivity index (χ0) is 15.6. The molecule has 0 aliphatic rings. The molecule has 1 aromatic rings. The molecular formula is C14H20Cl3N2O+. The maximum absolute atomic E-state index is 12.2. The third kappa shape index (κ3) is 5.88. The van der Waals surface area contributed by atoms with Crippen molar-refractivity contribution in [1.82, 2.24) is 5.32 Å². The van der Waals surface area contributed by atoms with E-state index < -0.39 is 9.96 Å². The van der Waals surface area contributed by atoms with Gasteiger partial charge in [0, 0.05) is 5.56 Å². The normalized spacial score (nSPS) is 13.9. The summed E-state index contributed by atoms with van der Waals surface area (Å²) in [6, 6.07) is 7.23. The van der Waals surface area contributed by atoms with Crippen molar-refractivity contribution in [3.8, 4) is 0 Å². The molecule has 0 saturated carbocycles. The van der Waals surface area contributed by atoms with Gasteiger partial charge in [-0.3, -0.25) is 10.1 Å². The summed E-state index contributed by atoms with van der Waals surface area (Å²) in [5, 5.41) is 4.58. The molecule has 0 aliphatic carbocycles. The second-order valence-corrected chi connectivity index (χ2v) is 8.26. The van der Waals surface area contributed by atoms with Gasteiger partial charge in [0.15, 0.2) is 0 Å². The molecule has 1 aromatic carbocycles. The van der Waals surface area contributed by atoms with Crippen molar-refractivity contribution in [2.24, 2.45) is 0 Å². The molecule has 0 spiro atoms. The molecule has 3 nitrogen and oxygen atoms in total. The first-order valence-corrected chi connectivity index (χ1v) is 7.43. The van der Waals surface area contributed by atoms with Gasteiger partial charge in [0.2, 0.25) is 6.17 Å². The van der Waals surface area contributed by atoms with Gasteiger partial charge in [-0.25, -0.2) is 0 Å². The SMILES string of the molecule is Cc1ccc(C(=O)NC([NH2+]C(C)(C)C)C(Cl)(Cl)Cl)cc1. The Morgan fingerprint density at radius 2 is 1.65 bits per heavy atom. The van der Waals surface area contributed by atoms with Crippen molar-refractivity contribution in [3.05, 3.63) is 35.4 Å². The third-order valence-corrected chi connectivity index (χ3v) is 3.32. The number of carbonyl (C=O) groups excluding carboxylic acids is 1. The van der Waals surface area contributed by atoms with Gasteiger partial charge in [-0.1, -0.05) is 52.5 Å². The van der Waals surface area contributed by atoms with E-state index in [1.54, 1.807) is 12.1 Å². The number of rotatable bonds is 3. The Kier molecular flexibility index (Phi) is 5.73. The van der Waals surface area contributed by atoms with Gasteiger partial charge in [-0.05, 0) is 39.8 Å². The highest BCUT2D eigenvalue weighted by Crippen LogP contribution is 2.27. The van der Waals surface area contributed by atoms with Crippen LogP contribution in [0.5, 0.6) is 0 Å². The summed E-state index contributed by atoms with van der Waals surface area (Å²) in [4.78, 5) is 12.2. The van der Waals surface area contributed by atoms with Crippen molar-refractivity contribution >= 4 is 40.7 Å². The molecule has 0 saturated heterocycles. The number of carbonyl (C=O) groups is 1. The van der Waals surface area contributed by atoms with Crippen molar-refractivity contribution in [2.75, 3.05) is 0 Å². The fraction of sp³-hybridized carbons (Fsp3) is 0.500. The van der Waals surface area contributed by atoms with Gasteiger partial charge in [-0.15, -0.1) is 0 Å². The fourth-order valence-electron chi connectivity index (χ4n) is 1.65. The van der Waals surface area contributed by atoms with E-state index in [-0.39, 0.29) is 11.4 Å². The van der Waals surface area contributed by atoms with Crippen molar-refractivity contribution in [2.45, 2.75) is 43.2 Å². The molecular weight excluding hydrogens is 319 g/mol. The van der Waals surface area contributed by atoms with Crippen LogP contribution in [0.1, 0.15) is 36.7 Å². The van der Waals surface area contributed by atoms with Crippen LogP contribution in [0.15, 0.2) is 24.3 Å². The molecule has 0 aliphatic heterocycles. The maximum atomic E-state index is 12.2. The second-order valence-electron chi connectivity index (χ2n) is 5.89. The Morgan fingerprint density at radius 3 is 2.05 bits per heavy atom. The molecule has 1 amide bonds. The van der Waals surface area contributed by atoms with Crippen molar-refractivity contribution in [3.63, 3.8) is 0 Å². The summed E-state index contributed by atoms with van der Waals surface area (Å²) in [6.07, 6.45) is -0.665. The first-order valence-electron chi connectivity index (χ1n) is 6.29.